The minimum Gasteiger partial charge on any atom is -0.384 e. The predicted molar refractivity (Wildman–Crippen MR) is 148 cm³/mol. The van der Waals surface area contributed by atoms with Gasteiger partial charge in [-0.15, -0.1) is 11.3 Å². The maximum absolute atomic E-state index is 14.8. The fourth-order valence-electron chi connectivity index (χ4n) is 5.14. The largest absolute Gasteiger partial charge is 0.384 e. The Kier molecular flexibility index (Phi) is 7.62. The van der Waals surface area contributed by atoms with Gasteiger partial charge < -0.3 is 21.3 Å². The van der Waals surface area contributed by atoms with Gasteiger partial charge in [-0.3, -0.25) is 19.8 Å². The Morgan fingerprint density at radius 2 is 1.81 bits per heavy atom. The third-order valence-corrected chi connectivity index (χ3v) is 8.47. The number of amides is 3. The van der Waals surface area contributed by atoms with E-state index in [-0.39, 0.29) is 40.1 Å². The number of thiophene rings is 1. The molecule has 2 atom stereocenters. The van der Waals surface area contributed by atoms with Crippen molar-refractivity contribution in [2.45, 2.75) is 31.4 Å². The summed E-state index contributed by atoms with van der Waals surface area (Å²) in [6, 6.07) is 9.56. The minimum absolute atomic E-state index is 0.0369. The molecule has 1 aliphatic heterocycles. The number of benzene rings is 2. The van der Waals surface area contributed by atoms with Gasteiger partial charge in [-0.05, 0) is 36.2 Å². The first kappa shape index (κ1) is 29.0. The zero-order chi connectivity index (χ0) is 30.3. The molecule has 0 radical (unpaired) electrons. The van der Waals surface area contributed by atoms with Crippen LogP contribution in [0.5, 0.6) is 0 Å². The van der Waals surface area contributed by atoms with Crippen molar-refractivity contribution >= 4 is 34.9 Å². The number of hydrogen-bond donors (Lipinski definition) is 4. The molecular weight excluding hydrogens is 574 g/mol. The summed E-state index contributed by atoms with van der Waals surface area (Å²) in [6.07, 6.45) is -2.36. The average molecular weight is 600 g/mol. The molecule has 1 saturated heterocycles. The molecule has 2 aliphatic rings. The van der Waals surface area contributed by atoms with E-state index in [2.05, 4.69) is 10.6 Å². The molecule has 13 heteroatoms. The summed E-state index contributed by atoms with van der Waals surface area (Å²) in [5, 5.41) is 14.3. The normalized spacial score (nSPS) is 17.3. The van der Waals surface area contributed by atoms with Gasteiger partial charge >= 0.3 is 0 Å². The highest BCUT2D eigenvalue weighted by atomic mass is 32.1. The number of rotatable bonds is 7. The molecule has 0 unspecified atom stereocenters. The van der Waals surface area contributed by atoms with Crippen LogP contribution in [0.25, 0.3) is 11.1 Å². The Bertz CT molecular complexity index is 1650. The Morgan fingerprint density at radius 1 is 1.10 bits per heavy atom. The highest BCUT2D eigenvalue weighted by molar-refractivity contribution is 7.10. The lowest BCUT2D eigenvalue weighted by Gasteiger charge is -2.25. The van der Waals surface area contributed by atoms with Crippen molar-refractivity contribution in [3.63, 3.8) is 0 Å². The maximum Gasteiger partial charge on any atom is 0.299 e. The standard InChI is InChI=1S/C29H25F4N5O3S/c1-14(23-10-17(13-42-23)26(34)35)37-28(41)22-9-16(25(30)31)12-38(22)24(39)11-36-27(40)15-6-7-21-19(8-15)18-4-2-3-5-20(18)29(21,32)33/h2-8,10,13-14,22H,9,11-12H2,1H3,(H3,34,35)(H,36,40)(H,37,41)/t14-,22+/m1/s1. The molecular formula is C29H25F4N5O3S. The molecule has 5 rings (SSSR count). The molecule has 2 aromatic carbocycles. The summed E-state index contributed by atoms with van der Waals surface area (Å²) >= 11 is 1.26. The monoisotopic (exact) mass is 599 g/mol. The molecule has 3 aromatic rings. The fraction of sp³-hybridized carbons (Fsp3) is 0.241. The highest BCUT2D eigenvalue weighted by Crippen LogP contribution is 2.50. The van der Waals surface area contributed by atoms with Crippen molar-refractivity contribution in [1.29, 1.82) is 5.41 Å². The number of nitrogens with two attached hydrogens (primary N) is 1. The van der Waals surface area contributed by atoms with E-state index in [0.29, 0.717) is 16.0 Å². The van der Waals surface area contributed by atoms with Crippen LogP contribution in [0.1, 0.15) is 51.3 Å². The Balaban J connectivity index is 1.27. The van der Waals surface area contributed by atoms with Crippen molar-refractivity contribution < 1.29 is 31.9 Å². The quantitative estimate of drug-likeness (QED) is 0.181. The van der Waals surface area contributed by atoms with Gasteiger partial charge in [0.05, 0.1) is 12.6 Å². The van der Waals surface area contributed by atoms with Gasteiger partial charge in [0.15, 0.2) is 0 Å². The zero-order valence-corrected chi connectivity index (χ0v) is 23.0. The first-order chi connectivity index (χ1) is 19.9. The summed E-state index contributed by atoms with van der Waals surface area (Å²) in [5.41, 5.74) is 5.75. The number of nitrogens with one attached hydrogen (secondary N) is 3. The van der Waals surface area contributed by atoms with E-state index in [1.54, 1.807) is 24.4 Å². The van der Waals surface area contributed by atoms with Gasteiger partial charge in [0, 0.05) is 51.0 Å². The third kappa shape index (κ3) is 5.27. The molecule has 0 saturated carbocycles. The second kappa shape index (κ2) is 11.0. The molecule has 1 aromatic heterocycles. The van der Waals surface area contributed by atoms with Crippen molar-refractivity contribution in [2.24, 2.45) is 5.73 Å². The van der Waals surface area contributed by atoms with Gasteiger partial charge in [0.2, 0.25) is 11.8 Å². The molecule has 3 amide bonds. The average Bonchev–Trinajstić information content (AvgIpc) is 3.68. The van der Waals surface area contributed by atoms with Gasteiger partial charge in [-0.1, -0.05) is 30.3 Å². The number of fused-ring (bicyclic) bond motifs is 3. The lowest BCUT2D eigenvalue weighted by molar-refractivity contribution is -0.137. The van der Waals surface area contributed by atoms with E-state index in [9.17, 15) is 31.9 Å². The van der Waals surface area contributed by atoms with Crippen LogP contribution in [0.4, 0.5) is 17.6 Å². The summed E-state index contributed by atoms with van der Waals surface area (Å²) in [7, 11) is 0. The summed E-state index contributed by atoms with van der Waals surface area (Å²) < 4.78 is 56.6. The molecule has 1 fully saturated rings. The molecule has 1 aliphatic carbocycles. The number of likely N-dealkylation sites (tertiary alicyclic amines) is 1. The molecule has 0 bridgehead atoms. The molecule has 0 spiro atoms. The number of nitrogen functional groups attached to an aromatic ring is 1. The zero-order valence-electron chi connectivity index (χ0n) is 22.1. The van der Waals surface area contributed by atoms with Crippen LogP contribution in [0, 0.1) is 5.41 Å². The number of carbonyl (C=O) groups is 3. The molecule has 218 valence electrons. The van der Waals surface area contributed by atoms with Crippen molar-refractivity contribution in [2.75, 3.05) is 13.1 Å². The van der Waals surface area contributed by atoms with Crippen LogP contribution in [0.2, 0.25) is 0 Å². The van der Waals surface area contributed by atoms with E-state index in [4.69, 9.17) is 11.1 Å². The number of halogens is 4. The van der Waals surface area contributed by atoms with Crippen LogP contribution < -0.4 is 16.4 Å². The molecule has 5 N–H and O–H groups in total. The molecule has 2 heterocycles. The van der Waals surface area contributed by atoms with Gasteiger partial charge in [0.25, 0.3) is 17.9 Å². The Morgan fingerprint density at radius 3 is 2.50 bits per heavy atom. The number of alkyl halides is 2. The summed E-state index contributed by atoms with van der Waals surface area (Å²) in [4.78, 5) is 40.7. The van der Waals surface area contributed by atoms with Crippen LogP contribution >= 0.6 is 11.3 Å². The summed E-state index contributed by atoms with van der Waals surface area (Å²) in [6.45, 7) is 0.587. The van der Waals surface area contributed by atoms with Crippen molar-refractivity contribution in [1.82, 2.24) is 15.5 Å². The van der Waals surface area contributed by atoms with Crippen LogP contribution in [0.15, 0.2) is 65.6 Å². The molecule has 42 heavy (non-hydrogen) atoms. The van der Waals surface area contributed by atoms with E-state index in [0.717, 1.165) is 4.90 Å². The number of amidine groups is 1. The Hall–Kier alpha value is -4.52. The minimum atomic E-state index is -3.21. The predicted octanol–water partition coefficient (Wildman–Crippen LogP) is 4.51. The fourth-order valence-corrected chi connectivity index (χ4v) is 6.05. The number of carbonyl (C=O) groups excluding carboxylic acids is 3. The van der Waals surface area contributed by atoms with E-state index in [1.807, 2.05) is 0 Å². The second-order valence-electron chi connectivity index (χ2n) is 10.1. The highest BCUT2D eigenvalue weighted by Gasteiger charge is 2.44. The number of nitrogens with zero attached hydrogens (tertiary/aromatic N) is 1. The van der Waals surface area contributed by atoms with Crippen LogP contribution in [0.3, 0.4) is 0 Å². The topological polar surface area (TPSA) is 128 Å². The first-order valence-electron chi connectivity index (χ1n) is 12.8. The van der Waals surface area contributed by atoms with E-state index >= 15 is 0 Å². The Labute approximate surface area is 241 Å². The van der Waals surface area contributed by atoms with Crippen LogP contribution in [-0.2, 0) is 15.5 Å². The van der Waals surface area contributed by atoms with Crippen molar-refractivity contribution in [3.8, 4) is 11.1 Å². The second-order valence-corrected chi connectivity index (χ2v) is 11.0. The SMILES string of the molecule is C[C@@H](NC(=O)[C@@H]1CC(=C(F)F)CN1C(=O)CNC(=O)c1ccc2c(c1)-c1ccccc1C2(F)F)c1cc(C(=N)N)cs1. The van der Waals surface area contributed by atoms with Crippen LogP contribution in [-0.4, -0.2) is 47.6 Å². The van der Waals surface area contributed by atoms with E-state index < -0.39 is 54.9 Å². The van der Waals surface area contributed by atoms with Crippen molar-refractivity contribution in [3.05, 3.63) is 92.7 Å². The maximum atomic E-state index is 14.8. The molecule has 8 nitrogen and oxygen atoms in total. The third-order valence-electron chi connectivity index (χ3n) is 7.36. The lowest BCUT2D eigenvalue weighted by Crippen LogP contribution is -2.49. The van der Waals surface area contributed by atoms with E-state index in [1.165, 1.54) is 47.7 Å². The van der Waals surface area contributed by atoms with Gasteiger partial charge in [-0.25, -0.2) is 0 Å². The smallest absolute Gasteiger partial charge is 0.299 e. The van der Waals surface area contributed by atoms with Gasteiger partial charge in [0.1, 0.15) is 11.9 Å². The first-order valence-corrected chi connectivity index (χ1v) is 13.7. The number of hydrogen-bond acceptors (Lipinski definition) is 5. The van der Waals surface area contributed by atoms with Gasteiger partial charge in [-0.2, -0.15) is 17.6 Å². The lowest BCUT2D eigenvalue weighted by atomic mass is 10.0. The summed E-state index contributed by atoms with van der Waals surface area (Å²) in [5.74, 6) is -5.49.